The molecule has 0 radical (unpaired) electrons. The van der Waals surface area contributed by atoms with Gasteiger partial charge in [-0.3, -0.25) is 4.90 Å². The Morgan fingerprint density at radius 1 is 1.03 bits per heavy atom. The number of nitrogens with zero attached hydrogens (tertiary/aromatic N) is 3. The van der Waals surface area contributed by atoms with Gasteiger partial charge in [0.25, 0.3) is 0 Å². The molecule has 34 heavy (non-hydrogen) atoms. The van der Waals surface area contributed by atoms with Crippen LogP contribution in [-0.2, 0) is 5.60 Å². The number of benzene rings is 3. The fraction of sp³-hybridized carbons (Fsp3) is 0.269. The Kier molecular flexibility index (Phi) is 7.11. The molecule has 1 aliphatic rings. The fourth-order valence-corrected chi connectivity index (χ4v) is 4.86. The van der Waals surface area contributed by atoms with Crippen LogP contribution in [0.1, 0.15) is 29.7 Å². The maximum absolute atomic E-state index is 13.8. The second-order valence-electron chi connectivity index (χ2n) is 8.71. The van der Waals surface area contributed by atoms with Gasteiger partial charge in [-0.2, -0.15) is 5.26 Å². The molecule has 1 N–H and O–H groups in total. The van der Waals surface area contributed by atoms with E-state index in [9.17, 15) is 19.1 Å². The number of halogens is 4. The molecule has 1 fully saturated rings. The zero-order valence-corrected chi connectivity index (χ0v) is 20.0. The van der Waals surface area contributed by atoms with Gasteiger partial charge < -0.3 is 10.0 Å². The summed E-state index contributed by atoms with van der Waals surface area (Å²) < 4.78 is 27.5. The molecule has 1 saturated heterocycles. The van der Waals surface area contributed by atoms with Crippen molar-refractivity contribution >= 4 is 28.9 Å². The molecular weight excluding hydrogens is 479 g/mol. The van der Waals surface area contributed by atoms with E-state index in [0.717, 1.165) is 29.4 Å². The number of rotatable bonds is 5. The molecule has 0 unspecified atom stereocenters. The molecule has 176 valence electrons. The summed E-state index contributed by atoms with van der Waals surface area (Å²) in [4.78, 5) is 4.23. The fourth-order valence-electron chi connectivity index (χ4n) is 4.44. The van der Waals surface area contributed by atoms with Gasteiger partial charge in [-0.05, 0) is 60.5 Å². The van der Waals surface area contributed by atoms with E-state index < -0.39 is 17.2 Å². The number of hydrogen-bond donors (Lipinski definition) is 1. The van der Waals surface area contributed by atoms with Crippen molar-refractivity contribution in [3.8, 4) is 6.07 Å². The number of piperazine rings is 1. The summed E-state index contributed by atoms with van der Waals surface area (Å²) in [5.74, 6) is -1.45. The minimum Gasteiger partial charge on any atom is -0.384 e. The third-order valence-electron chi connectivity index (χ3n) is 6.12. The minimum absolute atomic E-state index is 0.128. The normalized spacial score (nSPS) is 18.4. The first-order valence-electron chi connectivity index (χ1n) is 10.8. The Morgan fingerprint density at radius 2 is 1.71 bits per heavy atom. The molecule has 8 heteroatoms. The predicted octanol–water partition coefficient (Wildman–Crippen LogP) is 5.91. The topological polar surface area (TPSA) is 50.5 Å². The van der Waals surface area contributed by atoms with Crippen LogP contribution < -0.4 is 4.90 Å². The van der Waals surface area contributed by atoms with E-state index in [1.165, 1.54) is 0 Å². The molecular formula is C26H23Cl2F2N3O. The van der Waals surface area contributed by atoms with Crippen LogP contribution in [0.5, 0.6) is 0 Å². The van der Waals surface area contributed by atoms with Gasteiger partial charge in [0.05, 0.1) is 34.0 Å². The van der Waals surface area contributed by atoms with Crippen LogP contribution in [0, 0.1) is 23.0 Å². The lowest BCUT2D eigenvalue weighted by Gasteiger charge is -2.45. The van der Waals surface area contributed by atoms with Crippen LogP contribution in [0.3, 0.4) is 0 Å². The largest absolute Gasteiger partial charge is 0.384 e. The first-order valence-corrected chi connectivity index (χ1v) is 11.5. The predicted molar refractivity (Wildman–Crippen MR) is 130 cm³/mol. The zero-order valence-electron chi connectivity index (χ0n) is 18.5. The molecule has 4 rings (SSSR count). The summed E-state index contributed by atoms with van der Waals surface area (Å²) in [6.45, 7) is 3.46. The maximum atomic E-state index is 13.8. The van der Waals surface area contributed by atoms with Crippen molar-refractivity contribution in [3.63, 3.8) is 0 Å². The second-order valence-corrected chi connectivity index (χ2v) is 9.55. The maximum Gasteiger partial charge on any atom is 0.126 e. The standard InChI is InChI=1S/C26H23Cl2F2N3O/c1-26(34,19-11-21(29)13-22(30)12-19)16-32-8-9-33(24-7-2-17(14-31)10-23(24)28)25(15-32)18-3-5-20(27)6-4-18/h2-7,10-13,25,34H,8-9,15-16H2,1H3/t25-,26+/m0/s1. The van der Waals surface area contributed by atoms with Gasteiger partial charge in [0.1, 0.15) is 11.6 Å². The van der Waals surface area contributed by atoms with Crippen LogP contribution in [-0.4, -0.2) is 36.2 Å². The van der Waals surface area contributed by atoms with E-state index in [2.05, 4.69) is 15.9 Å². The Morgan fingerprint density at radius 3 is 2.32 bits per heavy atom. The van der Waals surface area contributed by atoms with Gasteiger partial charge in [0.15, 0.2) is 0 Å². The summed E-state index contributed by atoms with van der Waals surface area (Å²) in [5, 5.41) is 21.4. The third kappa shape index (κ3) is 5.34. The van der Waals surface area contributed by atoms with Gasteiger partial charge in [0.2, 0.25) is 0 Å². The smallest absolute Gasteiger partial charge is 0.126 e. The average molecular weight is 502 g/mol. The lowest BCUT2D eigenvalue weighted by atomic mass is 9.93. The van der Waals surface area contributed by atoms with E-state index in [4.69, 9.17) is 23.2 Å². The van der Waals surface area contributed by atoms with Gasteiger partial charge in [-0.1, -0.05) is 35.3 Å². The van der Waals surface area contributed by atoms with Crippen LogP contribution in [0.4, 0.5) is 14.5 Å². The van der Waals surface area contributed by atoms with Crippen molar-refractivity contribution in [1.82, 2.24) is 4.90 Å². The highest BCUT2D eigenvalue weighted by molar-refractivity contribution is 6.33. The van der Waals surface area contributed by atoms with Crippen molar-refractivity contribution in [2.75, 3.05) is 31.1 Å². The van der Waals surface area contributed by atoms with Crippen LogP contribution in [0.25, 0.3) is 0 Å². The first kappa shape index (κ1) is 24.4. The number of aliphatic hydroxyl groups is 1. The van der Waals surface area contributed by atoms with Gasteiger partial charge >= 0.3 is 0 Å². The number of β-amino-alcohol motifs (C(OH)–C–C–N with tert-alkyl or cyclic N) is 1. The highest BCUT2D eigenvalue weighted by atomic mass is 35.5. The highest BCUT2D eigenvalue weighted by Gasteiger charge is 2.34. The lowest BCUT2D eigenvalue weighted by molar-refractivity contribution is 0.00981. The molecule has 0 saturated carbocycles. The molecule has 1 aliphatic heterocycles. The van der Waals surface area contributed by atoms with Crippen molar-refractivity contribution in [3.05, 3.63) is 99.0 Å². The van der Waals surface area contributed by atoms with Crippen molar-refractivity contribution in [1.29, 1.82) is 5.26 Å². The monoisotopic (exact) mass is 501 g/mol. The quantitative estimate of drug-likeness (QED) is 0.471. The van der Waals surface area contributed by atoms with Crippen molar-refractivity contribution in [2.24, 2.45) is 0 Å². The van der Waals surface area contributed by atoms with Crippen molar-refractivity contribution in [2.45, 2.75) is 18.6 Å². The Hall–Kier alpha value is -2.69. The summed E-state index contributed by atoms with van der Waals surface area (Å²) >= 11 is 12.6. The van der Waals surface area contributed by atoms with Crippen LogP contribution in [0.2, 0.25) is 10.0 Å². The van der Waals surface area contributed by atoms with Crippen molar-refractivity contribution < 1.29 is 13.9 Å². The molecule has 0 spiro atoms. The van der Waals surface area contributed by atoms with Crippen LogP contribution >= 0.6 is 23.2 Å². The molecule has 0 aliphatic carbocycles. The molecule has 0 amide bonds. The average Bonchev–Trinajstić information content (AvgIpc) is 2.79. The summed E-state index contributed by atoms with van der Waals surface area (Å²) in [5.41, 5.74) is 1.02. The van der Waals surface area contributed by atoms with Gasteiger partial charge in [0, 0.05) is 37.3 Å². The minimum atomic E-state index is -1.46. The molecule has 0 aromatic heterocycles. The lowest BCUT2D eigenvalue weighted by Crippen LogP contribution is -2.52. The molecule has 3 aromatic carbocycles. The Balaban J connectivity index is 1.63. The second kappa shape index (κ2) is 9.89. The van der Waals surface area contributed by atoms with Gasteiger partial charge in [-0.25, -0.2) is 8.78 Å². The first-order chi connectivity index (χ1) is 16.2. The third-order valence-corrected chi connectivity index (χ3v) is 6.68. The van der Waals surface area contributed by atoms with Gasteiger partial charge in [-0.15, -0.1) is 0 Å². The SMILES string of the molecule is C[C@@](O)(CN1CCN(c2ccc(C#N)cc2Cl)[C@H](c2ccc(Cl)cc2)C1)c1cc(F)cc(F)c1. The van der Waals surface area contributed by atoms with Crippen LogP contribution in [0.15, 0.2) is 60.7 Å². The Labute approximate surface area is 207 Å². The van der Waals surface area contributed by atoms with E-state index in [-0.39, 0.29) is 18.2 Å². The molecule has 1 heterocycles. The molecule has 2 atom stereocenters. The summed E-state index contributed by atoms with van der Waals surface area (Å²) in [6, 6.07) is 17.8. The van der Waals surface area contributed by atoms with E-state index in [0.29, 0.717) is 35.2 Å². The molecule has 3 aromatic rings. The number of nitriles is 1. The summed E-state index contributed by atoms with van der Waals surface area (Å²) in [6.07, 6.45) is 0. The van der Waals surface area contributed by atoms with E-state index in [1.807, 2.05) is 30.3 Å². The number of hydrogen-bond acceptors (Lipinski definition) is 4. The Bertz CT molecular complexity index is 1210. The zero-order chi connectivity index (χ0) is 24.5. The number of anilines is 1. The molecule has 0 bridgehead atoms. The molecule has 4 nitrogen and oxygen atoms in total. The summed E-state index contributed by atoms with van der Waals surface area (Å²) in [7, 11) is 0. The van der Waals surface area contributed by atoms with E-state index >= 15 is 0 Å². The van der Waals surface area contributed by atoms with E-state index in [1.54, 1.807) is 19.1 Å². The highest BCUT2D eigenvalue weighted by Crippen LogP contribution is 2.37.